The van der Waals surface area contributed by atoms with Crippen LogP contribution in [0.4, 0.5) is 5.69 Å². The zero-order valence-electron chi connectivity index (χ0n) is 15.1. The van der Waals surface area contributed by atoms with Crippen molar-refractivity contribution < 1.29 is 4.79 Å². The molecule has 2 aliphatic rings. The molecule has 27 heavy (non-hydrogen) atoms. The van der Waals surface area contributed by atoms with Gasteiger partial charge in [0, 0.05) is 30.7 Å². The van der Waals surface area contributed by atoms with Crippen molar-refractivity contribution in [2.45, 2.75) is 12.5 Å². The van der Waals surface area contributed by atoms with Crippen LogP contribution in [0.25, 0.3) is 0 Å². The SMILES string of the molecule is CN(C)c1ccc(C2CC(c3ccc(Br)cc3)=NN2C2=NC(=O)CS2)cc1. The second-order valence-electron chi connectivity index (χ2n) is 6.68. The molecule has 0 aromatic heterocycles. The summed E-state index contributed by atoms with van der Waals surface area (Å²) in [6.45, 7) is 0. The van der Waals surface area contributed by atoms with Crippen molar-refractivity contribution in [3.05, 3.63) is 64.1 Å². The number of thioether (sulfide) groups is 1. The average Bonchev–Trinajstić information content (AvgIpc) is 3.29. The zero-order valence-corrected chi connectivity index (χ0v) is 17.5. The lowest BCUT2D eigenvalue weighted by atomic mass is 9.98. The minimum Gasteiger partial charge on any atom is -0.378 e. The van der Waals surface area contributed by atoms with Crippen LogP contribution in [0.2, 0.25) is 0 Å². The molecule has 4 rings (SSSR count). The molecule has 0 aliphatic carbocycles. The lowest BCUT2D eigenvalue weighted by Gasteiger charge is -2.23. The maximum atomic E-state index is 11.7. The quantitative estimate of drug-likeness (QED) is 0.710. The van der Waals surface area contributed by atoms with Gasteiger partial charge >= 0.3 is 0 Å². The predicted octanol–water partition coefficient (Wildman–Crippen LogP) is 4.30. The summed E-state index contributed by atoms with van der Waals surface area (Å²) >= 11 is 4.94. The second kappa shape index (κ2) is 7.48. The third-order valence-electron chi connectivity index (χ3n) is 4.62. The first-order valence-corrected chi connectivity index (χ1v) is 10.4. The number of aliphatic imine (C=N–C) groups is 1. The Kier molecular flexibility index (Phi) is 5.06. The molecule has 0 spiro atoms. The molecule has 0 saturated heterocycles. The summed E-state index contributed by atoms with van der Waals surface area (Å²) in [4.78, 5) is 17.9. The summed E-state index contributed by atoms with van der Waals surface area (Å²) < 4.78 is 1.04. The Hall–Kier alpha value is -2.12. The number of benzene rings is 2. The second-order valence-corrected chi connectivity index (χ2v) is 8.54. The van der Waals surface area contributed by atoms with Crippen LogP contribution in [-0.2, 0) is 4.79 Å². The number of carbonyl (C=O) groups excluding carboxylic acids is 1. The van der Waals surface area contributed by atoms with Crippen LogP contribution in [-0.4, -0.2) is 41.6 Å². The van der Waals surface area contributed by atoms with E-state index < -0.39 is 0 Å². The van der Waals surface area contributed by atoms with Crippen LogP contribution in [0.15, 0.2) is 63.1 Å². The number of hydrogen-bond acceptors (Lipinski definition) is 5. The van der Waals surface area contributed by atoms with Crippen LogP contribution in [0.1, 0.15) is 23.6 Å². The molecule has 5 nitrogen and oxygen atoms in total. The smallest absolute Gasteiger partial charge is 0.258 e. The largest absolute Gasteiger partial charge is 0.378 e. The van der Waals surface area contributed by atoms with Crippen molar-refractivity contribution in [2.24, 2.45) is 10.1 Å². The average molecular weight is 443 g/mol. The molecule has 1 atom stereocenters. The van der Waals surface area contributed by atoms with Crippen molar-refractivity contribution >= 4 is 50.2 Å². The molecule has 1 unspecified atom stereocenters. The van der Waals surface area contributed by atoms with Crippen LogP contribution >= 0.6 is 27.7 Å². The van der Waals surface area contributed by atoms with Crippen LogP contribution in [0.3, 0.4) is 0 Å². The normalized spacial score (nSPS) is 19.3. The highest BCUT2D eigenvalue weighted by Gasteiger charge is 2.34. The number of amidine groups is 1. The monoisotopic (exact) mass is 442 g/mol. The number of anilines is 1. The lowest BCUT2D eigenvalue weighted by Crippen LogP contribution is -2.23. The van der Waals surface area contributed by atoms with Crippen molar-refractivity contribution in [1.82, 2.24) is 5.01 Å². The Morgan fingerprint density at radius 1 is 1.11 bits per heavy atom. The molecule has 0 saturated carbocycles. The van der Waals surface area contributed by atoms with E-state index in [1.165, 1.54) is 17.3 Å². The van der Waals surface area contributed by atoms with Gasteiger partial charge in [-0.25, -0.2) is 5.01 Å². The minimum absolute atomic E-state index is 0.0389. The summed E-state index contributed by atoms with van der Waals surface area (Å²) in [5, 5.41) is 7.44. The fraction of sp³-hybridized carbons (Fsp3) is 0.250. The van der Waals surface area contributed by atoms with E-state index in [1.807, 2.05) is 31.2 Å². The van der Waals surface area contributed by atoms with Crippen molar-refractivity contribution in [1.29, 1.82) is 0 Å². The van der Waals surface area contributed by atoms with Gasteiger partial charge in [0.2, 0.25) is 0 Å². The molecule has 2 aromatic carbocycles. The van der Waals surface area contributed by atoms with E-state index in [0.29, 0.717) is 10.9 Å². The molecule has 0 bridgehead atoms. The Morgan fingerprint density at radius 3 is 2.41 bits per heavy atom. The van der Waals surface area contributed by atoms with Crippen LogP contribution in [0.5, 0.6) is 0 Å². The first-order valence-electron chi connectivity index (χ1n) is 8.65. The molecule has 0 N–H and O–H groups in total. The van der Waals surface area contributed by atoms with Gasteiger partial charge in [-0.2, -0.15) is 10.1 Å². The van der Waals surface area contributed by atoms with E-state index in [9.17, 15) is 4.79 Å². The van der Waals surface area contributed by atoms with Gasteiger partial charge < -0.3 is 4.90 Å². The van der Waals surface area contributed by atoms with E-state index >= 15 is 0 Å². The van der Waals surface area contributed by atoms with Gasteiger partial charge in [0.05, 0.1) is 17.5 Å². The Morgan fingerprint density at radius 2 is 1.81 bits per heavy atom. The van der Waals surface area contributed by atoms with Crippen LogP contribution < -0.4 is 4.90 Å². The van der Waals surface area contributed by atoms with E-state index in [1.54, 1.807) is 0 Å². The number of hydrogen-bond donors (Lipinski definition) is 0. The molecule has 1 amide bonds. The maximum Gasteiger partial charge on any atom is 0.258 e. The van der Waals surface area contributed by atoms with E-state index in [4.69, 9.17) is 5.10 Å². The number of halogens is 1. The van der Waals surface area contributed by atoms with E-state index in [0.717, 1.165) is 27.9 Å². The van der Waals surface area contributed by atoms with Gasteiger partial charge in [-0.1, -0.05) is 52.0 Å². The molecule has 138 valence electrons. The first-order chi connectivity index (χ1) is 13.0. The number of carbonyl (C=O) groups is 1. The highest BCUT2D eigenvalue weighted by atomic mass is 79.9. The summed E-state index contributed by atoms with van der Waals surface area (Å²) in [6, 6.07) is 16.7. The first kappa shape index (κ1) is 18.3. The maximum absolute atomic E-state index is 11.7. The molecule has 2 heterocycles. The summed E-state index contributed by atoms with van der Waals surface area (Å²) in [5.74, 6) is 0.297. The van der Waals surface area contributed by atoms with Gasteiger partial charge in [-0.05, 0) is 35.4 Å². The molecule has 2 aromatic rings. The summed E-state index contributed by atoms with van der Waals surface area (Å²) in [6.07, 6.45) is 0.775. The third-order valence-corrected chi connectivity index (χ3v) is 6.08. The molecule has 2 aliphatic heterocycles. The molecule has 0 radical (unpaired) electrons. The minimum atomic E-state index is -0.0935. The molecular formula is C20H19BrN4OS. The van der Waals surface area contributed by atoms with E-state index in [2.05, 4.69) is 62.2 Å². The predicted molar refractivity (Wildman–Crippen MR) is 116 cm³/mol. The van der Waals surface area contributed by atoms with Gasteiger partial charge in [-0.15, -0.1) is 0 Å². The number of rotatable bonds is 3. The van der Waals surface area contributed by atoms with Crippen molar-refractivity contribution in [2.75, 3.05) is 24.7 Å². The topological polar surface area (TPSA) is 48.3 Å². The Labute approximate surface area is 171 Å². The Bertz CT molecular complexity index is 922. The number of amides is 1. The van der Waals surface area contributed by atoms with Gasteiger partial charge in [0.25, 0.3) is 5.91 Å². The zero-order chi connectivity index (χ0) is 19.0. The lowest BCUT2D eigenvalue weighted by molar-refractivity contribution is -0.115. The van der Waals surface area contributed by atoms with Gasteiger partial charge in [0.15, 0.2) is 5.17 Å². The van der Waals surface area contributed by atoms with E-state index in [-0.39, 0.29) is 11.9 Å². The van der Waals surface area contributed by atoms with Crippen molar-refractivity contribution in [3.8, 4) is 0 Å². The Balaban J connectivity index is 1.68. The van der Waals surface area contributed by atoms with Gasteiger partial charge in [-0.3, -0.25) is 4.79 Å². The number of nitrogens with zero attached hydrogens (tertiary/aromatic N) is 4. The highest BCUT2D eigenvalue weighted by Crippen LogP contribution is 2.36. The highest BCUT2D eigenvalue weighted by molar-refractivity contribution is 9.10. The summed E-state index contributed by atoms with van der Waals surface area (Å²) in [5.41, 5.74) is 4.41. The fourth-order valence-corrected chi connectivity index (χ4v) is 4.22. The molecule has 7 heteroatoms. The summed E-state index contributed by atoms with van der Waals surface area (Å²) in [7, 11) is 4.06. The standard InChI is InChI=1S/C20H19BrN4OS/c1-24(2)16-9-5-14(6-10-16)18-11-17(13-3-7-15(21)8-4-13)23-25(18)20-22-19(26)12-27-20/h3-10,18H,11-12H2,1-2H3. The van der Waals surface area contributed by atoms with Gasteiger partial charge in [0.1, 0.15) is 0 Å². The third kappa shape index (κ3) is 3.80. The van der Waals surface area contributed by atoms with Crippen LogP contribution in [0, 0.1) is 0 Å². The fourth-order valence-electron chi connectivity index (χ4n) is 3.17. The van der Waals surface area contributed by atoms with Crippen molar-refractivity contribution in [3.63, 3.8) is 0 Å². The number of hydrazone groups is 1. The molecule has 0 fully saturated rings. The molecular weight excluding hydrogens is 424 g/mol.